The lowest BCUT2D eigenvalue weighted by Crippen LogP contribution is -2.37. The molecule has 0 aliphatic heterocycles. The summed E-state index contributed by atoms with van der Waals surface area (Å²) in [5.41, 5.74) is 6.01. The quantitative estimate of drug-likeness (QED) is 0.786. The van der Waals surface area contributed by atoms with Crippen molar-refractivity contribution in [3.8, 4) is 6.07 Å². The maximum atomic E-state index is 11.3. The number of nitriles is 1. The zero-order chi connectivity index (χ0) is 14.6. The Hall–Kier alpha value is -2.35. The Morgan fingerprint density at radius 1 is 1.42 bits per heavy atom. The van der Waals surface area contributed by atoms with Gasteiger partial charge in [0, 0.05) is 12.1 Å². The van der Waals surface area contributed by atoms with E-state index >= 15 is 0 Å². The van der Waals surface area contributed by atoms with E-state index in [1.54, 1.807) is 32.0 Å². The van der Waals surface area contributed by atoms with Gasteiger partial charge in [-0.25, -0.2) is 0 Å². The number of benzene rings is 1. The number of amides is 1. The minimum atomic E-state index is -0.737. The maximum Gasteiger partial charge on any atom is 0.224 e. The summed E-state index contributed by atoms with van der Waals surface area (Å²) in [4.78, 5) is 22.6. The topological polar surface area (TPSA) is 96.0 Å². The Bertz CT molecular complexity index is 556. The number of primary amides is 1. The van der Waals surface area contributed by atoms with Crippen LogP contribution in [-0.2, 0) is 4.79 Å². The fourth-order valence-corrected chi connectivity index (χ4v) is 1.41. The molecule has 0 radical (unpaired) electrons. The predicted molar refractivity (Wildman–Crippen MR) is 72.6 cm³/mol. The molecule has 19 heavy (non-hydrogen) atoms. The lowest BCUT2D eigenvalue weighted by atomic mass is 9.92. The molecule has 5 heteroatoms. The van der Waals surface area contributed by atoms with Gasteiger partial charge in [-0.2, -0.15) is 5.26 Å². The average Bonchev–Trinajstić information content (AvgIpc) is 2.35. The summed E-state index contributed by atoms with van der Waals surface area (Å²) in [5, 5.41) is 12.0. The van der Waals surface area contributed by atoms with Crippen LogP contribution in [0.25, 0.3) is 0 Å². The summed E-state index contributed by atoms with van der Waals surface area (Å²) in [7, 11) is 0. The number of nitrogens with one attached hydrogen (secondary N) is 1. The Kier molecular flexibility index (Phi) is 4.28. The lowest BCUT2D eigenvalue weighted by Gasteiger charge is -2.22. The molecule has 0 bridgehead atoms. The number of nitrogens with zero attached hydrogens (tertiary/aromatic N) is 1. The number of anilines is 1. The number of nitrogens with two attached hydrogens (primary N) is 1. The van der Waals surface area contributed by atoms with Crippen LogP contribution in [-0.4, -0.2) is 18.2 Å². The molecule has 0 atom stereocenters. The predicted octanol–water partition coefficient (Wildman–Crippen LogP) is 1.68. The molecule has 1 aromatic rings. The Labute approximate surface area is 112 Å². The molecule has 100 valence electrons. The molecular formula is C14H17N3O2. The van der Waals surface area contributed by atoms with Crippen LogP contribution in [0.4, 0.5) is 5.69 Å². The van der Waals surface area contributed by atoms with E-state index in [0.29, 0.717) is 23.4 Å². The highest BCUT2D eigenvalue weighted by Gasteiger charge is 2.24. The van der Waals surface area contributed by atoms with Crippen molar-refractivity contribution >= 4 is 17.4 Å². The van der Waals surface area contributed by atoms with Gasteiger partial charge in [-0.3, -0.25) is 9.59 Å². The van der Waals surface area contributed by atoms with Gasteiger partial charge in [0.1, 0.15) is 6.07 Å². The first-order valence-corrected chi connectivity index (χ1v) is 5.87. The van der Waals surface area contributed by atoms with Crippen LogP contribution in [0.1, 0.15) is 36.7 Å². The molecule has 0 heterocycles. The van der Waals surface area contributed by atoms with E-state index in [2.05, 4.69) is 5.32 Å². The van der Waals surface area contributed by atoms with Gasteiger partial charge in [0.05, 0.1) is 16.7 Å². The summed E-state index contributed by atoms with van der Waals surface area (Å²) in [6.45, 7) is 5.17. The van der Waals surface area contributed by atoms with Crippen LogP contribution >= 0.6 is 0 Å². The summed E-state index contributed by atoms with van der Waals surface area (Å²) in [5.74, 6) is -0.511. The smallest absolute Gasteiger partial charge is 0.224 e. The monoisotopic (exact) mass is 259 g/mol. The van der Waals surface area contributed by atoms with Crippen LogP contribution in [0, 0.1) is 16.7 Å². The van der Waals surface area contributed by atoms with Crippen LogP contribution in [0.5, 0.6) is 0 Å². The molecule has 0 saturated heterocycles. The van der Waals surface area contributed by atoms with Crippen molar-refractivity contribution in [1.29, 1.82) is 5.26 Å². The molecule has 0 spiro atoms. The van der Waals surface area contributed by atoms with E-state index in [1.165, 1.54) is 6.92 Å². The number of Topliss-reactive ketones (excluding diaryl/α,β-unsaturated/α-hetero) is 1. The number of rotatable bonds is 5. The Morgan fingerprint density at radius 3 is 2.53 bits per heavy atom. The van der Waals surface area contributed by atoms with Crippen molar-refractivity contribution < 1.29 is 9.59 Å². The first-order chi connectivity index (χ1) is 8.77. The van der Waals surface area contributed by atoms with Gasteiger partial charge >= 0.3 is 0 Å². The van der Waals surface area contributed by atoms with Crippen molar-refractivity contribution in [2.24, 2.45) is 11.1 Å². The van der Waals surface area contributed by atoms with Gasteiger partial charge in [-0.1, -0.05) is 0 Å². The lowest BCUT2D eigenvalue weighted by molar-refractivity contribution is -0.125. The third kappa shape index (κ3) is 3.55. The Balaban J connectivity index is 3.00. The van der Waals surface area contributed by atoms with Gasteiger partial charge in [0.25, 0.3) is 0 Å². The molecular weight excluding hydrogens is 242 g/mol. The molecule has 5 nitrogen and oxygen atoms in total. The first kappa shape index (κ1) is 14.7. The second-order valence-electron chi connectivity index (χ2n) is 5.03. The van der Waals surface area contributed by atoms with E-state index in [1.807, 2.05) is 6.07 Å². The maximum absolute atomic E-state index is 11.3. The zero-order valence-electron chi connectivity index (χ0n) is 11.3. The van der Waals surface area contributed by atoms with E-state index in [0.717, 1.165) is 0 Å². The summed E-state index contributed by atoms with van der Waals surface area (Å²) < 4.78 is 0. The van der Waals surface area contributed by atoms with Crippen LogP contribution in [0.15, 0.2) is 18.2 Å². The highest BCUT2D eigenvalue weighted by molar-refractivity contribution is 5.95. The normalized spacial score (nSPS) is 10.6. The summed E-state index contributed by atoms with van der Waals surface area (Å²) in [6.07, 6.45) is 0. The summed E-state index contributed by atoms with van der Waals surface area (Å²) >= 11 is 0. The molecule has 0 aromatic heterocycles. The van der Waals surface area contributed by atoms with Crippen LogP contribution < -0.4 is 11.1 Å². The van der Waals surface area contributed by atoms with E-state index in [-0.39, 0.29) is 5.78 Å². The fraction of sp³-hybridized carbons (Fsp3) is 0.357. The highest BCUT2D eigenvalue weighted by Crippen LogP contribution is 2.21. The van der Waals surface area contributed by atoms with Gasteiger partial charge in [0.2, 0.25) is 5.91 Å². The molecule has 0 fully saturated rings. The number of ketones is 1. The van der Waals surface area contributed by atoms with E-state index in [9.17, 15) is 9.59 Å². The Morgan fingerprint density at radius 2 is 2.05 bits per heavy atom. The fourth-order valence-electron chi connectivity index (χ4n) is 1.41. The standard InChI is InChI=1S/C14H17N3O2/c1-9(18)10-4-5-11(7-15)12(6-10)17-8-14(2,3)13(16)19/h4-6,17H,8H2,1-3H3,(H2,16,19). The van der Waals surface area contributed by atoms with Crippen molar-refractivity contribution in [3.05, 3.63) is 29.3 Å². The second-order valence-corrected chi connectivity index (χ2v) is 5.03. The molecule has 1 amide bonds. The zero-order valence-corrected chi connectivity index (χ0v) is 11.3. The molecule has 0 aliphatic rings. The second kappa shape index (κ2) is 5.53. The highest BCUT2D eigenvalue weighted by atomic mass is 16.1. The van der Waals surface area contributed by atoms with Crippen molar-refractivity contribution in [2.75, 3.05) is 11.9 Å². The average molecular weight is 259 g/mol. The molecule has 1 aromatic carbocycles. The van der Waals surface area contributed by atoms with E-state index < -0.39 is 11.3 Å². The third-order valence-electron chi connectivity index (χ3n) is 2.93. The molecule has 0 saturated carbocycles. The van der Waals surface area contributed by atoms with Gasteiger partial charge in [-0.15, -0.1) is 0 Å². The number of hydrogen-bond acceptors (Lipinski definition) is 4. The molecule has 0 unspecified atom stereocenters. The van der Waals surface area contributed by atoms with Crippen molar-refractivity contribution in [2.45, 2.75) is 20.8 Å². The van der Waals surface area contributed by atoms with Crippen molar-refractivity contribution in [3.63, 3.8) is 0 Å². The summed E-state index contributed by atoms with van der Waals surface area (Å²) in [6, 6.07) is 6.83. The van der Waals surface area contributed by atoms with Crippen LogP contribution in [0.2, 0.25) is 0 Å². The van der Waals surface area contributed by atoms with Crippen molar-refractivity contribution in [1.82, 2.24) is 0 Å². The minimum absolute atomic E-state index is 0.0818. The number of hydrogen-bond donors (Lipinski definition) is 2. The first-order valence-electron chi connectivity index (χ1n) is 5.87. The molecule has 3 N–H and O–H groups in total. The number of carbonyl (C=O) groups excluding carboxylic acids is 2. The van der Waals surface area contributed by atoms with Gasteiger partial charge in [-0.05, 0) is 39.0 Å². The van der Waals surface area contributed by atoms with Crippen LogP contribution in [0.3, 0.4) is 0 Å². The van der Waals surface area contributed by atoms with Gasteiger partial charge < -0.3 is 11.1 Å². The molecule has 1 rings (SSSR count). The van der Waals surface area contributed by atoms with Gasteiger partial charge in [0.15, 0.2) is 5.78 Å². The third-order valence-corrected chi connectivity index (χ3v) is 2.93. The minimum Gasteiger partial charge on any atom is -0.383 e. The molecule has 0 aliphatic carbocycles. The SMILES string of the molecule is CC(=O)c1ccc(C#N)c(NCC(C)(C)C(N)=O)c1. The number of carbonyl (C=O) groups is 2. The largest absolute Gasteiger partial charge is 0.383 e. The van der Waals surface area contributed by atoms with E-state index in [4.69, 9.17) is 11.0 Å².